The molecule has 2 rings (SSSR count). The highest BCUT2D eigenvalue weighted by Crippen LogP contribution is 2.34. The van der Waals surface area contributed by atoms with E-state index in [0.717, 1.165) is 0 Å². The highest BCUT2D eigenvalue weighted by atomic mass is 35.5. The van der Waals surface area contributed by atoms with E-state index in [1.807, 2.05) is 0 Å². The van der Waals surface area contributed by atoms with Crippen molar-refractivity contribution in [2.45, 2.75) is 13.0 Å². The Balaban J connectivity index is 1.99. The standard InChI is InChI=1S/C11H10Cl2N4O2/c12-7-5-8(13)11(19)9(6-7)15-10(18)1-3-17-4-2-14-16-17/h2,4-6,19H,1,3H2,(H,15,18). The number of phenolic OH excluding ortho intramolecular Hbond substituents is 1. The van der Waals surface area contributed by atoms with Crippen LogP contribution in [-0.4, -0.2) is 26.0 Å². The lowest BCUT2D eigenvalue weighted by Crippen LogP contribution is -2.15. The predicted octanol–water partition coefficient (Wildman–Crippen LogP) is 2.32. The van der Waals surface area contributed by atoms with Gasteiger partial charge in [0.2, 0.25) is 5.91 Å². The van der Waals surface area contributed by atoms with Gasteiger partial charge in [-0.05, 0) is 12.1 Å². The average molecular weight is 301 g/mol. The Morgan fingerprint density at radius 3 is 2.89 bits per heavy atom. The number of phenols is 1. The van der Waals surface area contributed by atoms with Crippen molar-refractivity contribution in [3.05, 3.63) is 34.6 Å². The second-order valence-corrected chi connectivity index (χ2v) is 4.59. The van der Waals surface area contributed by atoms with Crippen molar-refractivity contribution in [3.8, 4) is 5.75 Å². The van der Waals surface area contributed by atoms with Crippen molar-refractivity contribution in [1.29, 1.82) is 0 Å². The lowest BCUT2D eigenvalue weighted by Gasteiger charge is -2.09. The van der Waals surface area contributed by atoms with Crippen molar-refractivity contribution in [1.82, 2.24) is 15.0 Å². The molecule has 2 N–H and O–H groups in total. The Hall–Kier alpha value is -1.79. The molecule has 19 heavy (non-hydrogen) atoms. The molecule has 0 radical (unpaired) electrons. The number of benzene rings is 1. The van der Waals surface area contributed by atoms with Crippen molar-refractivity contribution in [3.63, 3.8) is 0 Å². The van der Waals surface area contributed by atoms with Crippen LogP contribution in [0.3, 0.4) is 0 Å². The number of aryl methyl sites for hydroxylation is 1. The Morgan fingerprint density at radius 1 is 1.42 bits per heavy atom. The van der Waals surface area contributed by atoms with E-state index < -0.39 is 0 Å². The number of aromatic hydroxyl groups is 1. The highest BCUT2D eigenvalue weighted by molar-refractivity contribution is 6.36. The maximum Gasteiger partial charge on any atom is 0.226 e. The van der Waals surface area contributed by atoms with Gasteiger partial charge in [0.25, 0.3) is 0 Å². The number of hydrogen-bond acceptors (Lipinski definition) is 4. The van der Waals surface area contributed by atoms with Crippen LogP contribution in [-0.2, 0) is 11.3 Å². The third-order valence-electron chi connectivity index (χ3n) is 2.34. The van der Waals surface area contributed by atoms with Gasteiger partial charge in [0, 0.05) is 17.6 Å². The van der Waals surface area contributed by atoms with Gasteiger partial charge >= 0.3 is 0 Å². The Kier molecular flexibility index (Phi) is 4.24. The first-order valence-electron chi connectivity index (χ1n) is 5.38. The van der Waals surface area contributed by atoms with Crippen molar-refractivity contribution in [2.75, 3.05) is 5.32 Å². The van der Waals surface area contributed by atoms with Crippen LogP contribution in [0.1, 0.15) is 6.42 Å². The summed E-state index contributed by atoms with van der Waals surface area (Å²) in [6, 6.07) is 2.82. The molecule has 6 nitrogen and oxygen atoms in total. The number of carbonyl (C=O) groups excluding carboxylic acids is 1. The molecule has 0 aliphatic heterocycles. The minimum Gasteiger partial charge on any atom is -0.504 e. The Morgan fingerprint density at radius 2 is 2.21 bits per heavy atom. The van der Waals surface area contributed by atoms with E-state index in [9.17, 15) is 9.90 Å². The van der Waals surface area contributed by atoms with E-state index in [0.29, 0.717) is 11.6 Å². The van der Waals surface area contributed by atoms with Crippen molar-refractivity contribution in [2.24, 2.45) is 0 Å². The van der Waals surface area contributed by atoms with Crippen molar-refractivity contribution < 1.29 is 9.90 Å². The summed E-state index contributed by atoms with van der Waals surface area (Å²) >= 11 is 11.5. The minimum absolute atomic E-state index is 0.0825. The number of carbonyl (C=O) groups is 1. The monoisotopic (exact) mass is 300 g/mol. The molecule has 1 aromatic heterocycles. The number of halogens is 2. The fraction of sp³-hybridized carbons (Fsp3) is 0.182. The summed E-state index contributed by atoms with van der Waals surface area (Å²) in [5.74, 6) is -0.496. The molecule has 0 aliphatic carbocycles. The predicted molar refractivity (Wildman–Crippen MR) is 71.4 cm³/mol. The lowest BCUT2D eigenvalue weighted by molar-refractivity contribution is -0.116. The van der Waals surface area contributed by atoms with Gasteiger partial charge in [0.1, 0.15) is 0 Å². The van der Waals surface area contributed by atoms with Crippen LogP contribution in [0, 0.1) is 0 Å². The van der Waals surface area contributed by atoms with Crippen LogP contribution >= 0.6 is 23.2 Å². The topological polar surface area (TPSA) is 80.0 Å². The van der Waals surface area contributed by atoms with E-state index in [4.69, 9.17) is 23.2 Å². The maximum absolute atomic E-state index is 11.7. The fourth-order valence-corrected chi connectivity index (χ4v) is 1.94. The van der Waals surface area contributed by atoms with Crippen LogP contribution in [0.2, 0.25) is 10.0 Å². The van der Waals surface area contributed by atoms with Gasteiger partial charge in [-0.2, -0.15) is 0 Å². The zero-order chi connectivity index (χ0) is 13.8. The molecule has 8 heteroatoms. The summed E-state index contributed by atoms with van der Waals surface area (Å²) in [5, 5.41) is 20.0. The van der Waals surface area contributed by atoms with E-state index in [2.05, 4.69) is 15.6 Å². The molecule has 2 aromatic rings. The molecule has 0 fully saturated rings. The largest absolute Gasteiger partial charge is 0.504 e. The third kappa shape index (κ3) is 3.59. The minimum atomic E-state index is -0.288. The number of nitrogens with zero attached hydrogens (tertiary/aromatic N) is 3. The second-order valence-electron chi connectivity index (χ2n) is 3.75. The van der Waals surface area contributed by atoms with Gasteiger partial charge in [-0.1, -0.05) is 28.4 Å². The van der Waals surface area contributed by atoms with Crippen molar-refractivity contribution >= 4 is 34.8 Å². The molecule has 100 valence electrons. The molecular formula is C11H10Cl2N4O2. The zero-order valence-electron chi connectivity index (χ0n) is 9.68. The molecule has 0 atom stereocenters. The summed E-state index contributed by atoms with van der Waals surface area (Å²) in [7, 11) is 0. The second kappa shape index (κ2) is 5.90. The summed E-state index contributed by atoms with van der Waals surface area (Å²) in [6.07, 6.45) is 3.37. The first kappa shape index (κ1) is 13.6. The number of aromatic nitrogens is 3. The van der Waals surface area contributed by atoms with E-state index >= 15 is 0 Å². The first-order valence-corrected chi connectivity index (χ1v) is 6.14. The molecular weight excluding hydrogens is 291 g/mol. The summed E-state index contributed by atoms with van der Waals surface area (Å²) in [6.45, 7) is 0.390. The van der Waals surface area contributed by atoms with Gasteiger partial charge in [0.15, 0.2) is 5.75 Å². The van der Waals surface area contributed by atoms with Gasteiger partial charge < -0.3 is 10.4 Å². The fourth-order valence-electron chi connectivity index (χ4n) is 1.44. The number of rotatable bonds is 4. The SMILES string of the molecule is O=C(CCn1ccnn1)Nc1cc(Cl)cc(Cl)c1O. The molecule has 0 aliphatic rings. The first-order chi connectivity index (χ1) is 9.06. The lowest BCUT2D eigenvalue weighted by atomic mass is 10.2. The Labute approximate surface area is 118 Å². The summed E-state index contributed by atoms with van der Waals surface area (Å²) in [5.41, 5.74) is 0.182. The normalized spacial score (nSPS) is 10.4. The summed E-state index contributed by atoms with van der Waals surface area (Å²) in [4.78, 5) is 11.7. The Bertz CT molecular complexity index is 587. The van der Waals surface area contributed by atoms with Crippen LogP contribution in [0.25, 0.3) is 0 Å². The average Bonchev–Trinajstić information content (AvgIpc) is 2.86. The third-order valence-corrected chi connectivity index (χ3v) is 2.85. The molecule has 1 heterocycles. The van der Waals surface area contributed by atoms with Crippen LogP contribution in [0.5, 0.6) is 5.75 Å². The number of nitrogens with one attached hydrogen (secondary N) is 1. The smallest absolute Gasteiger partial charge is 0.226 e. The van der Waals surface area contributed by atoms with Gasteiger partial charge in [0.05, 0.1) is 23.5 Å². The number of anilines is 1. The van der Waals surface area contributed by atoms with Crippen LogP contribution in [0.4, 0.5) is 5.69 Å². The van der Waals surface area contributed by atoms with E-state index in [1.54, 1.807) is 6.20 Å². The number of amides is 1. The van der Waals surface area contributed by atoms with Crippen LogP contribution in [0.15, 0.2) is 24.5 Å². The molecule has 0 saturated heterocycles. The molecule has 0 saturated carbocycles. The molecule has 1 amide bonds. The molecule has 0 unspecified atom stereocenters. The quantitative estimate of drug-likeness (QED) is 0.849. The van der Waals surface area contributed by atoms with Gasteiger partial charge in [-0.15, -0.1) is 5.10 Å². The maximum atomic E-state index is 11.7. The molecule has 0 bridgehead atoms. The van der Waals surface area contributed by atoms with Crippen LogP contribution < -0.4 is 5.32 Å². The highest BCUT2D eigenvalue weighted by Gasteiger charge is 2.11. The van der Waals surface area contributed by atoms with Gasteiger partial charge in [-0.25, -0.2) is 0 Å². The summed E-state index contributed by atoms with van der Waals surface area (Å²) < 4.78 is 1.53. The number of hydrogen-bond donors (Lipinski definition) is 2. The molecule has 0 spiro atoms. The molecule has 1 aromatic carbocycles. The van der Waals surface area contributed by atoms with E-state index in [1.165, 1.54) is 23.0 Å². The van der Waals surface area contributed by atoms with Gasteiger partial charge in [-0.3, -0.25) is 9.48 Å². The van der Waals surface area contributed by atoms with E-state index in [-0.39, 0.29) is 28.8 Å². The zero-order valence-corrected chi connectivity index (χ0v) is 11.2.